The van der Waals surface area contributed by atoms with Gasteiger partial charge in [0.1, 0.15) is 0 Å². The number of nitrogens with zero attached hydrogens (tertiary/aromatic N) is 1. The Morgan fingerprint density at radius 1 is 0.969 bits per heavy atom. The molecule has 0 atom stereocenters. The molecule has 0 bridgehead atoms. The number of sulfonamides is 1. The van der Waals surface area contributed by atoms with Crippen molar-refractivity contribution in [1.29, 1.82) is 0 Å². The van der Waals surface area contributed by atoms with E-state index in [2.05, 4.69) is 15.0 Å². The van der Waals surface area contributed by atoms with Gasteiger partial charge in [0, 0.05) is 33.3 Å². The zero-order valence-electron chi connectivity index (χ0n) is 16.6. The van der Waals surface area contributed by atoms with Gasteiger partial charge >= 0.3 is 0 Å². The fraction of sp³-hybridized carbons (Fsp3) is 0. The second-order valence-electron chi connectivity index (χ2n) is 6.79. The lowest BCUT2D eigenvalue weighted by molar-refractivity contribution is 0.104. The highest BCUT2D eigenvalue weighted by atomic mass is 32.2. The first-order chi connectivity index (χ1) is 15.3. The van der Waals surface area contributed by atoms with Crippen molar-refractivity contribution in [1.82, 2.24) is 0 Å². The first kappa shape index (κ1) is 21.5. The molecule has 0 aliphatic carbocycles. The summed E-state index contributed by atoms with van der Waals surface area (Å²) in [5.41, 5.74) is 13.3. The van der Waals surface area contributed by atoms with Gasteiger partial charge in [0.05, 0.1) is 16.3 Å². The third-order valence-electron chi connectivity index (χ3n) is 4.50. The number of benzene rings is 3. The standard InChI is InChI=1S/C22H19N5O3S2/c23-22(24)27-32(29,30)16-8-6-15(7-9-16)25-12-11-19(28)14-5-10-21-18(13-14)26-17-3-1-2-4-20(17)31-21/h1-13,25-26H,(H4,23,24,27)/b12-11-. The number of anilines is 3. The molecule has 0 fully saturated rings. The Morgan fingerprint density at radius 3 is 2.44 bits per heavy atom. The summed E-state index contributed by atoms with van der Waals surface area (Å²) < 4.78 is 27.1. The summed E-state index contributed by atoms with van der Waals surface area (Å²) in [5.74, 6) is -0.702. The number of rotatable bonds is 6. The van der Waals surface area contributed by atoms with Crippen molar-refractivity contribution < 1.29 is 13.2 Å². The highest BCUT2D eigenvalue weighted by Crippen LogP contribution is 2.44. The highest BCUT2D eigenvalue weighted by Gasteiger charge is 2.16. The number of para-hydroxylation sites is 1. The van der Waals surface area contributed by atoms with Crippen molar-refractivity contribution >= 4 is 50.6 Å². The molecule has 3 aromatic rings. The molecule has 1 heterocycles. The maximum atomic E-state index is 12.6. The number of nitrogens with one attached hydrogen (secondary N) is 2. The monoisotopic (exact) mass is 465 g/mol. The van der Waals surface area contributed by atoms with Gasteiger partial charge < -0.3 is 22.1 Å². The van der Waals surface area contributed by atoms with E-state index >= 15 is 0 Å². The number of nitrogens with two attached hydrogens (primary N) is 2. The van der Waals surface area contributed by atoms with E-state index in [1.165, 1.54) is 24.4 Å². The molecular weight excluding hydrogens is 446 g/mol. The second kappa shape index (κ2) is 8.77. The van der Waals surface area contributed by atoms with Crippen molar-refractivity contribution in [2.75, 3.05) is 10.6 Å². The molecule has 3 aromatic carbocycles. The zero-order valence-corrected chi connectivity index (χ0v) is 18.3. The Morgan fingerprint density at radius 2 is 1.69 bits per heavy atom. The molecular formula is C22H19N5O3S2. The topological polar surface area (TPSA) is 140 Å². The van der Waals surface area contributed by atoms with Crippen molar-refractivity contribution in [3.63, 3.8) is 0 Å². The molecule has 0 unspecified atom stereocenters. The van der Waals surface area contributed by atoms with Gasteiger partial charge in [0.2, 0.25) is 5.96 Å². The number of fused-ring (bicyclic) bond motifs is 2. The van der Waals surface area contributed by atoms with Crippen molar-refractivity contribution in [2.45, 2.75) is 14.7 Å². The van der Waals surface area contributed by atoms with Crippen LogP contribution in [0.3, 0.4) is 0 Å². The Balaban J connectivity index is 1.42. The maximum Gasteiger partial charge on any atom is 0.285 e. The van der Waals surface area contributed by atoms with Crippen LogP contribution in [0.2, 0.25) is 0 Å². The molecule has 1 aliphatic heterocycles. The molecule has 0 saturated heterocycles. The molecule has 0 aromatic heterocycles. The van der Waals surface area contributed by atoms with Crippen LogP contribution in [-0.4, -0.2) is 20.2 Å². The van der Waals surface area contributed by atoms with E-state index in [0.717, 1.165) is 21.2 Å². The minimum absolute atomic E-state index is 0.0440. The summed E-state index contributed by atoms with van der Waals surface area (Å²) in [5, 5.41) is 6.30. The van der Waals surface area contributed by atoms with Crippen LogP contribution < -0.4 is 22.1 Å². The van der Waals surface area contributed by atoms with E-state index < -0.39 is 16.0 Å². The lowest BCUT2D eigenvalue weighted by Crippen LogP contribution is -2.24. The summed E-state index contributed by atoms with van der Waals surface area (Å²) in [6, 6.07) is 19.4. The molecule has 0 saturated carbocycles. The smallest absolute Gasteiger partial charge is 0.285 e. The van der Waals surface area contributed by atoms with Crippen LogP contribution in [0.4, 0.5) is 17.1 Å². The van der Waals surface area contributed by atoms with Gasteiger partial charge in [-0.3, -0.25) is 4.79 Å². The van der Waals surface area contributed by atoms with Gasteiger partial charge in [-0.05, 0) is 54.6 Å². The van der Waals surface area contributed by atoms with E-state index in [4.69, 9.17) is 11.5 Å². The van der Waals surface area contributed by atoms with E-state index in [9.17, 15) is 13.2 Å². The van der Waals surface area contributed by atoms with Crippen LogP contribution in [0.1, 0.15) is 10.4 Å². The van der Waals surface area contributed by atoms with Crippen LogP contribution in [-0.2, 0) is 10.0 Å². The molecule has 162 valence electrons. The number of hydrogen-bond donors (Lipinski definition) is 4. The average Bonchev–Trinajstić information content (AvgIpc) is 2.76. The molecule has 0 radical (unpaired) electrons. The summed E-state index contributed by atoms with van der Waals surface area (Å²) >= 11 is 1.66. The maximum absolute atomic E-state index is 12.6. The predicted molar refractivity (Wildman–Crippen MR) is 127 cm³/mol. The Hall–Kier alpha value is -3.76. The Labute approximate surface area is 189 Å². The van der Waals surface area contributed by atoms with Crippen molar-refractivity contribution in [3.05, 3.63) is 84.6 Å². The number of allylic oxidation sites excluding steroid dienone is 1. The summed E-state index contributed by atoms with van der Waals surface area (Å²) in [6.07, 6.45) is 2.91. The normalized spacial score (nSPS) is 12.4. The number of hydrogen-bond acceptors (Lipinski definition) is 6. The van der Waals surface area contributed by atoms with Gasteiger partial charge in [-0.15, -0.1) is 4.40 Å². The lowest BCUT2D eigenvalue weighted by atomic mass is 10.1. The quantitative estimate of drug-likeness (QED) is 0.146. The summed E-state index contributed by atoms with van der Waals surface area (Å²) in [6.45, 7) is 0. The number of guanidine groups is 1. The molecule has 1 aliphatic rings. The molecule has 4 rings (SSSR count). The number of carbonyl (C=O) groups is 1. The lowest BCUT2D eigenvalue weighted by Gasteiger charge is -2.20. The molecule has 0 spiro atoms. The first-order valence-electron chi connectivity index (χ1n) is 9.43. The third kappa shape index (κ3) is 4.76. The largest absolute Gasteiger partial charge is 0.369 e. The first-order valence-corrected chi connectivity index (χ1v) is 11.7. The second-order valence-corrected chi connectivity index (χ2v) is 9.48. The molecule has 32 heavy (non-hydrogen) atoms. The minimum Gasteiger partial charge on any atom is -0.369 e. The van der Waals surface area contributed by atoms with Crippen LogP contribution in [0.25, 0.3) is 0 Å². The van der Waals surface area contributed by atoms with E-state index in [-0.39, 0.29) is 10.7 Å². The van der Waals surface area contributed by atoms with Crippen LogP contribution in [0.15, 0.2) is 98.1 Å². The van der Waals surface area contributed by atoms with Crippen molar-refractivity contribution in [3.8, 4) is 0 Å². The number of ketones is 1. The molecule has 0 amide bonds. The average molecular weight is 466 g/mol. The van der Waals surface area contributed by atoms with Crippen LogP contribution in [0, 0.1) is 0 Å². The summed E-state index contributed by atoms with van der Waals surface area (Å²) in [4.78, 5) is 14.7. The fourth-order valence-corrected chi connectivity index (χ4v) is 4.85. The predicted octanol–water partition coefficient (Wildman–Crippen LogP) is 3.67. The highest BCUT2D eigenvalue weighted by molar-refractivity contribution is 7.99. The van der Waals surface area contributed by atoms with Gasteiger partial charge in [-0.2, -0.15) is 8.42 Å². The van der Waals surface area contributed by atoms with Crippen LogP contribution in [0.5, 0.6) is 0 Å². The minimum atomic E-state index is -3.94. The molecule has 6 N–H and O–H groups in total. The summed E-state index contributed by atoms with van der Waals surface area (Å²) in [7, 11) is -3.94. The number of carbonyl (C=O) groups excluding carboxylic acids is 1. The van der Waals surface area contributed by atoms with Gasteiger partial charge in [-0.1, -0.05) is 23.9 Å². The molecule has 10 heteroatoms. The molecule has 8 nitrogen and oxygen atoms in total. The fourth-order valence-electron chi connectivity index (χ4n) is 3.02. The van der Waals surface area contributed by atoms with Crippen molar-refractivity contribution in [2.24, 2.45) is 15.9 Å². The van der Waals surface area contributed by atoms with Crippen LogP contribution >= 0.6 is 11.8 Å². The zero-order chi connectivity index (χ0) is 22.7. The third-order valence-corrected chi connectivity index (χ3v) is 6.97. The Bertz CT molecular complexity index is 1350. The van der Waals surface area contributed by atoms with Gasteiger partial charge in [-0.25, -0.2) is 0 Å². The van der Waals surface area contributed by atoms with Gasteiger partial charge in [0.15, 0.2) is 5.78 Å². The van der Waals surface area contributed by atoms with E-state index in [0.29, 0.717) is 11.3 Å². The Kier molecular flexibility index (Phi) is 5.89. The van der Waals surface area contributed by atoms with E-state index in [1.54, 1.807) is 30.0 Å². The van der Waals surface area contributed by atoms with Gasteiger partial charge in [0.25, 0.3) is 10.0 Å². The SMILES string of the molecule is NC(N)=NS(=O)(=O)c1ccc(N/C=C\C(=O)c2ccc3c(c2)Nc2ccccc2S3)cc1. The van der Waals surface area contributed by atoms with E-state index in [1.807, 2.05) is 36.4 Å².